The molecule has 9 heteroatoms. The molecule has 1 unspecified atom stereocenters. The van der Waals surface area contributed by atoms with Crippen molar-refractivity contribution in [1.82, 2.24) is 19.6 Å². The second-order valence-electron chi connectivity index (χ2n) is 6.64. The highest BCUT2D eigenvalue weighted by Gasteiger charge is 2.35. The number of hydrogen-bond donors (Lipinski definition) is 3. The van der Waals surface area contributed by atoms with Gasteiger partial charge in [-0.1, -0.05) is 18.2 Å². The standard InChI is InChI=1S/C20H15FN4O3S/c21-16-10-12(26)6-7-14(16)19-23-17-11-22-20-15(18(17)24-19)8-9-25(20)29(27,28)13-4-2-1-3-5-13/h1-11,20,22,26H,(H,23,24). The van der Waals surface area contributed by atoms with Crippen LogP contribution in [-0.4, -0.2) is 34.0 Å². The maximum atomic E-state index is 14.2. The van der Waals surface area contributed by atoms with Crippen LogP contribution in [0.1, 0.15) is 0 Å². The molecule has 7 nitrogen and oxygen atoms in total. The van der Waals surface area contributed by atoms with Gasteiger partial charge in [-0.15, -0.1) is 0 Å². The van der Waals surface area contributed by atoms with Crippen molar-refractivity contribution in [2.24, 2.45) is 0 Å². The van der Waals surface area contributed by atoms with Gasteiger partial charge in [-0.25, -0.2) is 22.1 Å². The minimum atomic E-state index is -3.75. The number of H-pyrrole nitrogens is 1. The molecule has 0 aliphatic carbocycles. The molecule has 5 rings (SSSR count). The highest BCUT2D eigenvalue weighted by molar-refractivity contribution is 7.89. The van der Waals surface area contributed by atoms with Crippen molar-refractivity contribution >= 4 is 21.8 Å². The molecule has 0 amide bonds. The van der Waals surface area contributed by atoms with Gasteiger partial charge in [0.2, 0.25) is 0 Å². The van der Waals surface area contributed by atoms with Crippen molar-refractivity contribution in [3.05, 3.63) is 77.3 Å². The lowest BCUT2D eigenvalue weighted by Gasteiger charge is -2.27. The van der Waals surface area contributed by atoms with E-state index in [2.05, 4.69) is 15.3 Å². The predicted molar refractivity (Wildman–Crippen MR) is 104 cm³/mol. The lowest BCUT2D eigenvalue weighted by atomic mass is 10.2. The van der Waals surface area contributed by atoms with Crippen molar-refractivity contribution in [3.63, 3.8) is 0 Å². The zero-order valence-electron chi connectivity index (χ0n) is 14.9. The molecule has 1 aromatic heterocycles. The van der Waals surface area contributed by atoms with Gasteiger partial charge >= 0.3 is 0 Å². The molecule has 3 aromatic rings. The molecule has 0 saturated heterocycles. The van der Waals surface area contributed by atoms with Crippen molar-refractivity contribution < 1.29 is 17.9 Å². The molecule has 29 heavy (non-hydrogen) atoms. The minimum absolute atomic E-state index is 0.175. The van der Waals surface area contributed by atoms with E-state index in [1.165, 1.54) is 22.6 Å². The fourth-order valence-electron chi connectivity index (χ4n) is 3.47. The highest BCUT2D eigenvalue weighted by Crippen LogP contribution is 2.28. The number of aromatic hydroxyl groups is 1. The molecule has 0 radical (unpaired) electrons. The average molecular weight is 410 g/mol. The highest BCUT2D eigenvalue weighted by atomic mass is 32.2. The van der Waals surface area contributed by atoms with Crippen LogP contribution in [0.15, 0.2) is 65.7 Å². The number of phenols is 1. The zero-order chi connectivity index (χ0) is 20.2. The minimum Gasteiger partial charge on any atom is -0.508 e. The van der Waals surface area contributed by atoms with Crippen LogP contribution in [0, 0.1) is 5.82 Å². The molecule has 2 aliphatic rings. The number of aromatic nitrogens is 2. The van der Waals surface area contributed by atoms with Crippen molar-refractivity contribution in [3.8, 4) is 17.1 Å². The second kappa shape index (κ2) is 6.21. The number of imidazole rings is 1. The Kier molecular flexibility index (Phi) is 3.75. The van der Waals surface area contributed by atoms with E-state index in [1.54, 1.807) is 42.6 Å². The van der Waals surface area contributed by atoms with Crippen molar-refractivity contribution in [1.29, 1.82) is 0 Å². The van der Waals surface area contributed by atoms with E-state index in [4.69, 9.17) is 0 Å². The van der Waals surface area contributed by atoms with E-state index in [0.717, 1.165) is 6.07 Å². The molecular weight excluding hydrogens is 395 g/mol. The molecule has 146 valence electrons. The van der Waals surface area contributed by atoms with Crippen LogP contribution < -0.4 is 16.0 Å². The molecule has 1 atom stereocenters. The fourth-order valence-corrected chi connectivity index (χ4v) is 4.89. The number of nitrogens with zero attached hydrogens (tertiary/aromatic N) is 2. The smallest absolute Gasteiger partial charge is 0.265 e. The Hall–Kier alpha value is -3.59. The number of sulfonamides is 1. The lowest BCUT2D eigenvalue weighted by molar-refractivity contribution is 0.448. The molecule has 0 saturated carbocycles. The van der Waals surface area contributed by atoms with E-state index < -0.39 is 22.0 Å². The number of aromatic amines is 1. The molecule has 3 heterocycles. The van der Waals surface area contributed by atoms with Crippen LogP contribution >= 0.6 is 0 Å². The molecule has 0 spiro atoms. The van der Waals surface area contributed by atoms with Gasteiger partial charge in [-0.05, 0) is 30.3 Å². The number of phenolic OH excluding ortho intramolecular Hbond substituents is 1. The van der Waals surface area contributed by atoms with E-state index in [1.807, 2.05) is 0 Å². The summed E-state index contributed by atoms with van der Waals surface area (Å²) in [5.41, 5.74) is 0.863. The normalized spacial score (nSPS) is 17.5. The summed E-state index contributed by atoms with van der Waals surface area (Å²) in [6, 6.07) is 12.0. The van der Waals surface area contributed by atoms with Crippen LogP contribution in [0.2, 0.25) is 0 Å². The third kappa shape index (κ3) is 2.70. The first-order valence-electron chi connectivity index (χ1n) is 8.77. The van der Waals surface area contributed by atoms with Gasteiger partial charge in [-0.3, -0.25) is 0 Å². The third-order valence-corrected chi connectivity index (χ3v) is 6.62. The Bertz CT molecular complexity index is 1380. The number of rotatable bonds is 3. The van der Waals surface area contributed by atoms with Crippen molar-refractivity contribution in [2.45, 2.75) is 11.1 Å². The zero-order valence-corrected chi connectivity index (χ0v) is 15.7. The Labute approximate surface area is 165 Å². The quantitative estimate of drug-likeness (QED) is 0.598. The van der Waals surface area contributed by atoms with Gasteiger partial charge in [-0.2, -0.15) is 0 Å². The predicted octanol–water partition coefficient (Wildman–Crippen LogP) is 0.958. The Morgan fingerprint density at radius 3 is 2.69 bits per heavy atom. The van der Waals surface area contributed by atoms with Gasteiger partial charge in [0, 0.05) is 24.0 Å². The molecule has 3 N–H and O–H groups in total. The van der Waals surface area contributed by atoms with Crippen LogP contribution in [0.3, 0.4) is 0 Å². The summed E-state index contributed by atoms with van der Waals surface area (Å²) in [4.78, 5) is 7.71. The summed E-state index contributed by atoms with van der Waals surface area (Å²) < 4.78 is 41.5. The summed E-state index contributed by atoms with van der Waals surface area (Å²) in [6.07, 6.45) is 4.16. The number of hydrogen-bond acceptors (Lipinski definition) is 5. The molecular formula is C20H15FN4O3S. The maximum absolute atomic E-state index is 14.2. The van der Waals surface area contributed by atoms with Crippen LogP contribution in [0.4, 0.5) is 4.39 Å². The topological polar surface area (TPSA) is 98.3 Å². The summed E-state index contributed by atoms with van der Waals surface area (Å²) in [5, 5.41) is 13.6. The first-order valence-corrected chi connectivity index (χ1v) is 10.2. The van der Waals surface area contributed by atoms with Gasteiger partial charge < -0.3 is 15.4 Å². The monoisotopic (exact) mass is 410 g/mol. The SMILES string of the molecule is O=S(=O)(c1ccccc1)N1C=CC2=c3nc(-c4ccc(O)cc4F)[nH]c3=CNC21. The van der Waals surface area contributed by atoms with Crippen LogP contribution in [0.5, 0.6) is 5.75 Å². The molecule has 0 fully saturated rings. The van der Waals surface area contributed by atoms with Crippen LogP contribution in [0.25, 0.3) is 23.2 Å². The Morgan fingerprint density at radius 2 is 1.93 bits per heavy atom. The van der Waals surface area contributed by atoms with E-state index in [9.17, 15) is 17.9 Å². The molecule has 0 bridgehead atoms. The third-order valence-electron chi connectivity index (χ3n) is 4.87. The van der Waals surface area contributed by atoms with Gasteiger partial charge in [0.05, 0.1) is 21.2 Å². The van der Waals surface area contributed by atoms with E-state index >= 15 is 0 Å². The Morgan fingerprint density at radius 1 is 1.14 bits per heavy atom. The summed E-state index contributed by atoms with van der Waals surface area (Å²) in [5.74, 6) is -0.497. The van der Waals surface area contributed by atoms with Crippen LogP contribution in [-0.2, 0) is 10.0 Å². The number of fused-ring (bicyclic) bond motifs is 2. The van der Waals surface area contributed by atoms with Gasteiger partial charge in [0.1, 0.15) is 23.6 Å². The lowest BCUT2D eigenvalue weighted by Crippen LogP contribution is -2.48. The number of benzene rings is 2. The molecule has 2 aromatic carbocycles. The van der Waals surface area contributed by atoms with E-state index in [0.29, 0.717) is 16.3 Å². The first kappa shape index (κ1) is 17.5. The first-order chi connectivity index (χ1) is 13.9. The summed E-state index contributed by atoms with van der Waals surface area (Å²) in [6.45, 7) is 0. The van der Waals surface area contributed by atoms with E-state index in [-0.39, 0.29) is 22.0 Å². The number of halogens is 1. The second-order valence-corrected chi connectivity index (χ2v) is 8.49. The largest absolute Gasteiger partial charge is 0.508 e. The number of nitrogens with one attached hydrogen (secondary N) is 2. The summed E-state index contributed by atoms with van der Waals surface area (Å²) in [7, 11) is -3.75. The van der Waals surface area contributed by atoms with Gasteiger partial charge in [0.25, 0.3) is 10.0 Å². The van der Waals surface area contributed by atoms with Gasteiger partial charge in [0.15, 0.2) is 0 Å². The molecule has 2 aliphatic heterocycles. The summed E-state index contributed by atoms with van der Waals surface area (Å²) >= 11 is 0. The average Bonchev–Trinajstić information content (AvgIpc) is 3.32. The Balaban J connectivity index is 1.59. The maximum Gasteiger partial charge on any atom is 0.265 e. The fraction of sp³-hybridized carbons (Fsp3) is 0.0500. The van der Waals surface area contributed by atoms with Crippen molar-refractivity contribution in [2.75, 3.05) is 0 Å².